The van der Waals surface area contributed by atoms with Crippen LogP contribution in [-0.2, 0) is 11.2 Å². The van der Waals surface area contributed by atoms with Crippen molar-refractivity contribution in [1.29, 1.82) is 5.26 Å². The van der Waals surface area contributed by atoms with E-state index in [1.165, 1.54) is 0 Å². The van der Waals surface area contributed by atoms with Crippen molar-refractivity contribution in [2.75, 3.05) is 4.90 Å². The van der Waals surface area contributed by atoms with Crippen molar-refractivity contribution in [3.63, 3.8) is 0 Å². The van der Waals surface area contributed by atoms with Gasteiger partial charge in [0.25, 0.3) is 0 Å². The third kappa shape index (κ3) is 3.52. The molecule has 3 heterocycles. The number of ether oxygens (including phenoxy) is 1. The number of amides is 1. The van der Waals surface area contributed by atoms with Crippen molar-refractivity contribution in [1.82, 2.24) is 20.0 Å². The lowest BCUT2D eigenvalue weighted by molar-refractivity contribution is -0.117. The number of rotatable bonds is 4. The molecule has 0 saturated heterocycles. The topological polar surface area (TPSA) is 96.9 Å². The van der Waals surface area contributed by atoms with Crippen LogP contribution in [0, 0.1) is 11.3 Å². The Labute approximate surface area is 180 Å². The van der Waals surface area contributed by atoms with E-state index in [1.807, 2.05) is 40.2 Å². The molecule has 8 heteroatoms. The molecule has 0 N–H and O–H groups in total. The van der Waals surface area contributed by atoms with Crippen LogP contribution >= 0.6 is 0 Å². The van der Waals surface area contributed by atoms with E-state index < -0.39 is 0 Å². The molecule has 0 bridgehead atoms. The van der Waals surface area contributed by atoms with Gasteiger partial charge in [-0.2, -0.15) is 10.4 Å². The number of carbonyl (C=O) groups excluding carboxylic acids is 1. The fourth-order valence-electron chi connectivity index (χ4n) is 4.18. The molecule has 0 radical (unpaired) electrons. The summed E-state index contributed by atoms with van der Waals surface area (Å²) in [7, 11) is 0. The Balaban J connectivity index is 1.63. The zero-order valence-corrected chi connectivity index (χ0v) is 17.4. The molecule has 3 aromatic rings. The van der Waals surface area contributed by atoms with E-state index in [0.29, 0.717) is 17.7 Å². The summed E-state index contributed by atoms with van der Waals surface area (Å²) in [6, 6.07) is 9.75. The minimum Gasteiger partial charge on any atom is -0.436 e. The summed E-state index contributed by atoms with van der Waals surface area (Å²) in [5, 5.41) is 21.4. The molecule has 8 nitrogen and oxygen atoms in total. The lowest BCUT2D eigenvalue weighted by Gasteiger charge is -2.35. The number of benzene rings is 1. The fraction of sp³-hybridized carbons (Fsp3) is 0.348. The summed E-state index contributed by atoms with van der Waals surface area (Å²) in [5.74, 6) is 0.966. The van der Waals surface area contributed by atoms with Gasteiger partial charge in [-0.1, -0.05) is 0 Å². The molecular weight excluding hydrogens is 392 g/mol. The number of hydrogen-bond donors (Lipinski definition) is 0. The number of nitriles is 1. The number of carbonyl (C=O) groups is 1. The molecule has 1 aliphatic carbocycles. The van der Waals surface area contributed by atoms with Crippen LogP contribution in [0.4, 0.5) is 5.69 Å². The Morgan fingerprint density at radius 3 is 2.71 bits per heavy atom. The highest BCUT2D eigenvalue weighted by Crippen LogP contribution is 2.45. The van der Waals surface area contributed by atoms with Crippen LogP contribution in [0.2, 0.25) is 0 Å². The Morgan fingerprint density at radius 1 is 1.19 bits per heavy atom. The second-order valence-electron chi connectivity index (χ2n) is 8.13. The van der Waals surface area contributed by atoms with E-state index in [9.17, 15) is 4.79 Å². The third-order valence-corrected chi connectivity index (χ3v) is 5.88. The highest BCUT2D eigenvalue weighted by molar-refractivity contribution is 5.95. The van der Waals surface area contributed by atoms with E-state index in [2.05, 4.69) is 22.2 Å². The molecule has 1 saturated carbocycles. The normalized spacial score (nSPS) is 17.7. The second kappa shape index (κ2) is 7.51. The van der Waals surface area contributed by atoms with Gasteiger partial charge in [-0.15, -0.1) is 10.2 Å². The van der Waals surface area contributed by atoms with E-state index in [4.69, 9.17) is 10.00 Å². The minimum absolute atomic E-state index is 0.00636. The number of anilines is 1. The zero-order valence-electron chi connectivity index (χ0n) is 17.4. The average molecular weight is 414 g/mol. The molecule has 0 spiro atoms. The Morgan fingerprint density at radius 2 is 2.03 bits per heavy atom. The third-order valence-electron chi connectivity index (χ3n) is 5.88. The van der Waals surface area contributed by atoms with Gasteiger partial charge >= 0.3 is 0 Å². The highest BCUT2D eigenvalue weighted by atomic mass is 16.5. The SMILES string of the molecule is CC(=O)N1c2ccc(-c3cnn(C4CC4)c3)c(Oc3ccc(C#N)nn3)c2CC[C@@H]1C. The number of fused-ring (bicyclic) bond motifs is 1. The molecule has 1 atom stereocenters. The van der Waals surface area contributed by atoms with E-state index >= 15 is 0 Å². The average Bonchev–Trinajstić information content (AvgIpc) is 3.51. The van der Waals surface area contributed by atoms with Gasteiger partial charge in [-0.05, 0) is 50.8 Å². The maximum absolute atomic E-state index is 12.4. The minimum atomic E-state index is 0.00636. The molecule has 1 aliphatic heterocycles. The van der Waals surface area contributed by atoms with E-state index in [0.717, 1.165) is 48.1 Å². The van der Waals surface area contributed by atoms with Gasteiger partial charge in [0, 0.05) is 41.9 Å². The summed E-state index contributed by atoms with van der Waals surface area (Å²) in [6.45, 7) is 3.65. The van der Waals surface area contributed by atoms with Crippen molar-refractivity contribution in [2.24, 2.45) is 0 Å². The Hall–Kier alpha value is -3.73. The maximum Gasteiger partial charge on any atom is 0.238 e. The first-order valence-electron chi connectivity index (χ1n) is 10.5. The van der Waals surface area contributed by atoms with Gasteiger partial charge in [0.05, 0.1) is 17.9 Å². The summed E-state index contributed by atoms with van der Waals surface area (Å²) in [4.78, 5) is 14.2. The summed E-state index contributed by atoms with van der Waals surface area (Å²) < 4.78 is 8.26. The number of hydrogen-bond acceptors (Lipinski definition) is 6. The molecular formula is C23H22N6O2. The molecule has 1 amide bonds. The second-order valence-corrected chi connectivity index (χ2v) is 8.13. The standard InChI is InChI=1S/C23H22N6O2/c1-14-3-7-20-21(29(14)15(2)30)9-8-19(16-12-25-28(13-16)18-5-6-18)23(20)31-22-10-4-17(11-24)26-27-22/h4,8-10,12-14,18H,3,5-7H2,1-2H3/t14-/m0/s1. The van der Waals surface area contributed by atoms with Crippen LogP contribution in [0.5, 0.6) is 11.6 Å². The fourth-order valence-corrected chi connectivity index (χ4v) is 4.18. The first kappa shape index (κ1) is 19.2. The van der Waals surface area contributed by atoms with Gasteiger partial charge in [0.15, 0.2) is 5.69 Å². The van der Waals surface area contributed by atoms with Crippen LogP contribution in [0.1, 0.15) is 50.4 Å². The Kier molecular flexibility index (Phi) is 4.66. The van der Waals surface area contributed by atoms with Crippen LogP contribution in [0.25, 0.3) is 11.1 Å². The molecule has 1 fully saturated rings. The predicted octanol–water partition coefficient (Wildman–Crippen LogP) is 4.03. The quantitative estimate of drug-likeness (QED) is 0.639. The maximum atomic E-state index is 12.4. The van der Waals surface area contributed by atoms with Gasteiger partial charge in [0.1, 0.15) is 11.8 Å². The van der Waals surface area contributed by atoms with Gasteiger partial charge in [0.2, 0.25) is 11.8 Å². The van der Waals surface area contributed by atoms with Crippen LogP contribution < -0.4 is 9.64 Å². The number of nitrogens with zero attached hydrogens (tertiary/aromatic N) is 6. The lowest BCUT2D eigenvalue weighted by atomic mass is 9.92. The van der Waals surface area contributed by atoms with Crippen LogP contribution in [0.15, 0.2) is 36.7 Å². The zero-order chi connectivity index (χ0) is 21.5. The highest BCUT2D eigenvalue weighted by Gasteiger charge is 2.31. The van der Waals surface area contributed by atoms with Gasteiger partial charge < -0.3 is 9.64 Å². The van der Waals surface area contributed by atoms with Crippen LogP contribution in [0.3, 0.4) is 0 Å². The first-order chi connectivity index (χ1) is 15.0. The molecule has 31 heavy (non-hydrogen) atoms. The summed E-state index contributed by atoms with van der Waals surface area (Å²) >= 11 is 0. The lowest BCUT2D eigenvalue weighted by Crippen LogP contribution is -2.40. The number of aromatic nitrogens is 4. The molecule has 0 unspecified atom stereocenters. The van der Waals surface area contributed by atoms with E-state index in [1.54, 1.807) is 19.1 Å². The molecule has 2 aromatic heterocycles. The van der Waals surface area contributed by atoms with Crippen molar-refractivity contribution in [3.8, 4) is 28.8 Å². The van der Waals surface area contributed by atoms with Crippen LogP contribution in [-0.4, -0.2) is 31.9 Å². The Bertz CT molecular complexity index is 1190. The predicted molar refractivity (Wildman–Crippen MR) is 114 cm³/mol. The summed E-state index contributed by atoms with van der Waals surface area (Å²) in [5.41, 5.74) is 3.91. The van der Waals surface area contributed by atoms with Crippen molar-refractivity contribution in [3.05, 3.63) is 47.9 Å². The van der Waals surface area contributed by atoms with Gasteiger partial charge in [-0.25, -0.2) is 0 Å². The smallest absolute Gasteiger partial charge is 0.238 e. The summed E-state index contributed by atoms with van der Waals surface area (Å²) in [6.07, 6.45) is 7.83. The van der Waals surface area contributed by atoms with Gasteiger partial charge in [-0.3, -0.25) is 9.48 Å². The first-order valence-corrected chi connectivity index (χ1v) is 10.5. The molecule has 156 valence electrons. The van der Waals surface area contributed by atoms with Crippen molar-refractivity contribution in [2.45, 2.75) is 51.6 Å². The molecule has 1 aromatic carbocycles. The van der Waals surface area contributed by atoms with E-state index in [-0.39, 0.29) is 17.6 Å². The monoisotopic (exact) mass is 414 g/mol. The largest absolute Gasteiger partial charge is 0.436 e. The van der Waals surface area contributed by atoms with Crippen molar-refractivity contribution < 1.29 is 9.53 Å². The van der Waals surface area contributed by atoms with Crippen molar-refractivity contribution >= 4 is 11.6 Å². The molecule has 2 aliphatic rings. The molecule has 5 rings (SSSR count).